The highest BCUT2D eigenvalue weighted by molar-refractivity contribution is 9.10. The fourth-order valence-corrected chi connectivity index (χ4v) is 2.89. The molecule has 0 spiro atoms. The molecule has 1 amide bonds. The fourth-order valence-electron chi connectivity index (χ4n) is 2.19. The van der Waals surface area contributed by atoms with Gasteiger partial charge in [0, 0.05) is 5.02 Å². The van der Waals surface area contributed by atoms with Crippen LogP contribution in [0.3, 0.4) is 0 Å². The number of hydrogen-bond donors (Lipinski definition) is 1. The number of halogens is 2. The van der Waals surface area contributed by atoms with Crippen molar-refractivity contribution in [1.29, 1.82) is 5.26 Å². The lowest BCUT2D eigenvalue weighted by Gasteiger charge is -2.14. The van der Waals surface area contributed by atoms with Gasteiger partial charge < -0.3 is 15.2 Å². The van der Waals surface area contributed by atoms with Crippen molar-refractivity contribution in [3.8, 4) is 17.6 Å². The molecule has 5 nitrogen and oxygen atoms in total. The quantitative estimate of drug-likeness (QED) is 0.515. The Bertz CT molecular complexity index is 874. The van der Waals surface area contributed by atoms with Gasteiger partial charge in [0.15, 0.2) is 18.1 Å². The molecule has 0 radical (unpaired) electrons. The van der Waals surface area contributed by atoms with E-state index in [-0.39, 0.29) is 6.61 Å². The summed E-state index contributed by atoms with van der Waals surface area (Å²) in [5.74, 6) is 0.244. The van der Waals surface area contributed by atoms with Gasteiger partial charge in [-0.05, 0) is 64.3 Å². The molecule has 0 fully saturated rings. The van der Waals surface area contributed by atoms with Gasteiger partial charge in [0.25, 0.3) is 5.91 Å². The molecule has 0 saturated heterocycles. The molecule has 2 N–H and O–H groups in total. The van der Waals surface area contributed by atoms with Crippen molar-refractivity contribution in [2.75, 3.05) is 13.2 Å². The van der Waals surface area contributed by atoms with E-state index in [1.807, 2.05) is 6.92 Å². The predicted octanol–water partition coefficient (Wildman–Crippen LogP) is 4.43. The SMILES string of the molecule is CCOc1cc(/C=C(\C#N)c2ccc(Cl)cc2)cc(Br)c1OCC(N)=O. The highest BCUT2D eigenvalue weighted by Gasteiger charge is 2.13. The van der Waals surface area contributed by atoms with Crippen molar-refractivity contribution in [3.63, 3.8) is 0 Å². The van der Waals surface area contributed by atoms with Crippen LogP contribution in [0.15, 0.2) is 40.9 Å². The predicted molar refractivity (Wildman–Crippen MR) is 105 cm³/mol. The van der Waals surface area contributed by atoms with Crippen molar-refractivity contribution in [1.82, 2.24) is 0 Å². The second kappa shape index (κ2) is 9.27. The number of primary amides is 1. The van der Waals surface area contributed by atoms with Gasteiger partial charge in [-0.1, -0.05) is 23.7 Å². The molecular weight excluding hydrogens is 420 g/mol. The number of carbonyl (C=O) groups is 1. The highest BCUT2D eigenvalue weighted by Crippen LogP contribution is 2.38. The largest absolute Gasteiger partial charge is 0.490 e. The lowest BCUT2D eigenvalue weighted by atomic mass is 10.0. The first-order valence-electron chi connectivity index (χ1n) is 7.69. The molecular formula is C19H16BrClN2O3. The van der Waals surface area contributed by atoms with Crippen LogP contribution in [0.1, 0.15) is 18.1 Å². The van der Waals surface area contributed by atoms with Gasteiger partial charge in [0.1, 0.15) is 0 Å². The van der Waals surface area contributed by atoms with Crippen molar-refractivity contribution in [3.05, 3.63) is 57.0 Å². The molecule has 0 aromatic heterocycles. The summed E-state index contributed by atoms with van der Waals surface area (Å²) in [6.45, 7) is 1.99. The van der Waals surface area contributed by atoms with E-state index in [0.717, 1.165) is 11.1 Å². The molecule has 26 heavy (non-hydrogen) atoms. The summed E-state index contributed by atoms with van der Waals surface area (Å²) >= 11 is 9.30. The number of ether oxygens (including phenoxy) is 2. The number of hydrogen-bond acceptors (Lipinski definition) is 4. The van der Waals surface area contributed by atoms with Crippen LogP contribution < -0.4 is 15.2 Å². The van der Waals surface area contributed by atoms with Gasteiger partial charge in [-0.3, -0.25) is 4.79 Å². The van der Waals surface area contributed by atoms with Crippen LogP contribution in [0.5, 0.6) is 11.5 Å². The number of nitriles is 1. The molecule has 0 aliphatic heterocycles. The number of allylic oxidation sites excluding steroid dienone is 1. The Labute approximate surface area is 165 Å². The Morgan fingerprint density at radius 1 is 1.31 bits per heavy atom. The van der Waals surface area contributed by atoms with Gasteiger partial charge in [-0.25, -0.2) is 0 Å². The lowest BCUT2D eigenvalue weighted by molar-refractivity contribution is -0.119. The van der Waals surface area contributed by atoms with Gasteiger partial charge in [-0.15, -0.1) is 0 Å². The normalized spacial score (nSPS) is 10.9. The number of rotatable bonds is 7. The van der Waals surface area contributed by atoms with Crippen LogP contribution in [0.4, 0.5) is 0 Å². The molecule has 0 bridgehead atoms. The zero-order chi connectivity index (χ0) is 19.1. The maximum absolute atomic E-state index is 11.0. The van der Waals surface area contributed by atoms with E-state index in [1.54, 1.807) is 42.5 Å². The Kier molecular flexibility index (Phi) is 7.07. The zero-order valence-electron chi connectivity index (χ0n) is 14.0. The van der Waals surface area contributed by atoms with E-state index in [4.69, 9.17) is 26.8 Å². The maximum atomic E-state index is 11.0. The first-order valence-corrected chi connectivity index (χ1v) is 8.87. The Morgan fingerprint density at radius 2 is 2.00 bits per heavy atom. The van der Waals surface area contributed by atoms with Gasteiger partial charge in [0.2, 0.25) is 0 Å². The topological polar surface area (TPSA) is 85.3 Å². The standard InChI is InChI=1S/C19H16BrClN2O3/c1-2-25-17-9-12(8-16(20)19(17)26-11-18(23)24)7-14(10-22)13-3-5-15(21)6-4-13/h3-9H,2,11H2,1H3,(H2,23,24)/b14-7+. The van der Waals surface area contributed by atoms with Crippen molar-refractivity contribution < 1.29 is 14.3 Å². The van der Waals surface area contributed by atoms with Gasteiger partial charge >= 0.3 is 0 Å². The molecule has 0 atom stereocenters. The third-order valence-corrected chi connectivity index (χ3v) is 4.12. The summed E-state index contributed by atoms with van der Waals surface area (Å²) < 4.78 is 11.6. The summed E-state index contributed by atoms with van der Waals surface area (Å²) in [4.78, 5) is 11.0. The monoisotopic (exact) mass is 434 g/mol. The van der Waals surface area contributed by atoms with E-state index >= 15 is 0 Å². The van der Waals surface area contributed by atoms with Crippen LogP contribution in [0.25, 0.3) is 11.6 Å². The smallest absolute Gasteiger partial charge is 0.255 e. The van der Waals surface area contributed by atoms with Crippen LogP contribution in [-0.2, 0) is 4.79 Å². The van der Waals surface area contributed by atoms with Crippen molar-refractivity contribution in [2.45, 2.75) is 6.92 Å². The number of benzene rings is 2. The summed E-state index contributed by atoms with van der Waals surface area (Å²) in [6.07, 6.45) is 1.73. The zero-order valence-corrected chi connectivity index (χ0v) is 16.3. The number of amides is 1. The molecule has 134 valence electrons. The molecule has 2 aromatic rings. The summed E-state index contributed by atoms with van der Waals surface area (Å²) in [5, 5.41) is 10.1. The van der Waals surface area contributed by atoms with Crippen LogP contribution in [-0.4, -0.2) is 19.1 Å². The van der Waals surface area contributed by atoms with E-state index in [2.05, 4.69) is 22.0 Å². The van der Waals surface area contributed by atoms with E-state index in [1.165, 1.54) is 0 Å². The summed E-state index contributed by atoms with van der Waals surface area (Å²) in [5.41, 5.74) is 7.09. The van der Waals surface area contributed by atoms with Crippen LogP contribution in [0.2, 0.25) is 5.02 Å². The highest BCUT2D eigenvalue weighted by atomic mass is 79.9. The Morgan fingerprint density at radius 3 is 2.58 bits per heavy atom. The molecule has 2 rings (SSSR count). The van der Waals surface area contributed by atoms with E-state index in [9.17, 15) is 10.1 Å². The third kappa shape index (κ3) is 5.25. The summed E-state index contributed by atoms with van der Waals surface area (Å²) in [7, 11) is 0. The molecule has 0 unspecified atom stereocenters. The molecule has 0 saturated carbocycles. The minimum absolute atomic E-state index is 0.262. The van der Waals surface area contributed by atoms with Crippen LogP contribution in [0, 0.1) is 11.3 Å². The average molecular weight is 436 g/mol. The average Bonchev–Trinajstić information content (AvgIpc) is 2.60. The fraction of sp³-hybridized carbons (Fsp3) is 0.158. The molecule has 7 heteroatoms. The van der Waals surface area contributed by atoms with Crippen LogP contribution >= 0.6 is 27.5 Å². The van der Waals surface area contributed by atoms with E-state index in [0.29, 0.717) is 33.2 Å². The third-order valence-electron chi connectivity index (χ3n) is 3.28. The van der Waals surface area contributed by atoms with Gasteiger partial charge in [0.05, 0.1) is 22.7 Å². The summed E-state index contributed by atoms with van der Waals surface area (Å²) in [6, 6.07) is 12.7. The molecule has 0 heterocycles. The minimum atomic E-state index is -0.585. The first-order chi connectivity index (χ1) is 12.4. The number of carbonyl (C=O) groups excluding carboxylic acids is 1. The maximum Gasteiger partial charge on any atom is 0.255 e. The van der Waals surface area contributed by atoms with Crippen molar-refractivity contribution in [2.24, 2.45) is 5.73 Å². The molecule has 0 aliphatic rings. The molecule has 0 aliphatic carbocycles. The van der Waals surface area contributed by atoms with Crippen molar-refractivity contribution >= 4 is 45.1 Å². The Balaban J connectivity index is 2.43. The number of nitrogens with zero attached hydrogens (tertiary/aromatic N) is 1. The lowest BCUT2D eigenvalue weighted by Crippen LogP contribution is -2.20. The van der Waals surface area contributed by atoms with Gasteiger partial charge in [-0.2, -0.15) is 5.26 Å². The minimum Gasteiger partial charge on any atom is -0.490 e. The number of nitrogens with two attached hydrogens (primary N) is 1. The second-order valence-corrected chi connectivity index (χ2v) is 6.49. The Hall–Kier alpha value is -2.49. The first kappa shape index (κ1) is 19.8. The molecule has 2 aromatic carbocycles. The van der Waals surface area contributed by atoms with E-state index < -0.39 is 5.91 Å². The second-order valence-electron chi connectivity index (χ2n) is 5.19.